The van der Waals surface area contributed by atoms with Crippen molar-refractivity contribution in [2.24, 2.45) is 0 Å². The zero-order valence-electron chi connectivity index (χ0n) is 16.4. The molecule has 29 heavy (non-hydrogen) atoms. The summed E-state index contributed by atoms with van der Waals surface area (Å²) in [6, 6.07) is 43.7. The van der Waals surface area contributed by atoms with Gasteiger partial charge in [-0.05, 0) is 24.3 Å². The minimum absolute atomic E-state index is 0.938. The smallest absolute Gasteiger partial charge is 0.0753 e. The standard InChI is InChI=1S/C26H24BS2/c1-5-13-23(14-6-1)27(24-15-7-2-8-16-24,21-28-25-17-9-3-10-18-25)22-29-26-19-11-4-12-20-26/h1-20H,21-22H2/q-1. The number of hydrogen-bond acceptors (Lipinski definition) is 2. The van der Waals surface area contributed by atoms with Crippen molar-refractivity contribution in [3.63, 3.8) is 0 Å². The van der Waals surface area contributed by atoms with Gasteiger partial charge in [0.1, 0.15) is 0 Å². The van der Waals surface area contributed by atoms with Crippen LogP contribution < -0.4 is 10.9 Å². The van der Waals surface area contributed by atoms with Crippen molar-refractivity contribution in [1.82, 2.24) is 0 Å². The van der Waals surface area contributed by atoms with Gasteiger partial charge in [0.2, 0.25) is 0 Å². The van der Waals surface area contributed by atoms with Gasteiger partial charge in [-0.25, -0.2) is 10.9 Å². The van der Waals surface area contributed by atoms with Crippen molar-refractivity contribution in [3.8, 4) is 0 Å². The predicted molar refractivity (Wildman–Crippen MR) is 132 cm³/mol. The van der Waals surface area contributed by atoms with Gasteiger partial charge in [0, 0.05) is 9.79 Å². The first-order valence-electron chi connectivity index (χ1n) is 10.0. The molecule has 0 saturated heterocycles. The molecule has 0 fully saturated rings. The summed E-state index contributed by atoms with van der Waals surface area (Å²) < 4.78 is 0. The summed E-state index contributed by atoms with van der Waals surface area (Å²) in [5.74, 6) is 0. The van der Waals surface area contributed by atoms with Gasteiger partial charge >= 0.3 is 0 Å². The second kappa shape index (κ2) is 9.91. The summed E-state index contributed by atoms with van der Waals surface area (Å²) in [5.41, 5.74) is 4.98. The summed E-state index contributed by atoms with van der Waals surface area (Å²) in [5, 5.41) is 0. The molecule has 144 valence electrons. The van der Waals surface area contributed by atoms with E-state index in [9.17, 15) is 0 Å². The van der Waals surface area contributed by atoms with Crippen LogP contribution in [0.4, 0.5) is 0 Å². The van der Waals surface area contributed by atoms with Gasteiger partial charge in [-0.1, -0.05) is 97.1 Å². The van der Waals surface area contributed by atoms with Gasteiger partial charge < -0.3 is 0 Å². The zero-order valence-corrected chi connectivity index (χ0v) is 18.0. The van der Waals surface area contributed by atoms with Crippen molar-refractivity contribution in [2.75, 3.05) is 11.3 Å². The topological polar surface area (TPSA) is 0 Å². The Balaban J connectivity index is 1.73. The highest BCUT2D eigenvalue weighted by Gasteiger charge is 2.28. The van der Waals surface area contributed by atoms with Crippen LogP contribution in [0.1, 0.15) is 0 Å². The molecule has 0 saturated carbocycles. The van der Waals surface area contributed by atoms with Crippen LogP contribution in [0.2, 0.25) is 0 Å². The van der Waals surface area contributed by atoms with E-state index < -0.39 is 6.15 Å². The van der Waals surface area contributed by atoms with Crippen LogP contribution in [0.25, 0.3) is 0 Å². The Morgan fingerprint density at radius 1 is 0.414 bits per heavy atom. The average molecular weight is 411 g/mol. The van der Waals surface area contributed by atoms with E-state index in [0.717, 1.165) is 11.3 Å². The van der Waals surface area contributed by atoms with Crippen LogP contribution in [-0.2, 0) is 0 Å². The maximum Gasteiger partial charge on any atom is 0.0753 e. The zero-order chi connectivity index (χ0) is 19.8. The summed E-state index contributed by atoms with van der Waals surface area (Å²) >= 11 is 3.93. The minimum Gasteiger partial charge on any atom is -0.203 e. The third-order valence-corrected chi connectivity index (χ3v) is 8.11. The fraction of sp³-hybridized carbons (Fsp3) is 0.0769. The molecule has 0 aliphatic carbocycles. The molecule has 0 aliphatic rings. The second-order valence-electron chi connectivity index (χ2n) is 7.32. The largest absolute Gasteiger partial charge is 0.203 e. The normalized spacial score (nSPS) is 11.3. The van der Waals surface area contributed by atoms with Crippen LogP contribution >= 0.6 is 23.5 Å². The van der Waals surface area contributed by atoms with Crippen molar-refractivity contribution >= 4 is 40.6 Å². The molecule has 0 amide bonds. The lowest BCUT2D eigenvalue weighted by atomic mass is 9.21. The van der Waals surface area contributed by atoms with Crippen LogP contribution in [0, 0.1) is 0 Å². The highest BCUT2D eigenvalue weighted by molar-refractivity contribution is 8.03. The molecule has 0 spiro atoms. The van der Waals surface area contributed by atoms with E-state index in [4.69, 9.17) is 0 Å². The molecule has 3 heteroatoms. The Labute approximate surface area is 182 Å². The SMILES string of the molecule is c1ccc(SC[B-](CSc2ccccc2)(c2ccccc2)c2ccccc2)cc1. The van der Waals surface area contributed by atoms with E-state index >= 15 is 0 Å². The Hall–Kier alpha value is -2.36. The molecule has 4 rings (SSSR count). The summed E-state index contributed by atoms with van der Waals surface area (Å²) in [6.45, 7) is 0. The fourth-order valence-corrected chi connectivity index (χ4v) is 6.59. The van der Waals surface area contributed by atoms with Gasteiger partial charge in [0.15, 0.2) is 0 Å². The van der Waals surface area contributed by atoms with E-state index in [2.05, 4.69) is 121 Å². The third kappa shape index (κ3) is 4.98. The Morgan fingerprint density at radius 2 is 0.724 bits per heavy atom. The molecule has 0 radical (unpaired) electrons. The first-order valence-corrected chi connectivity index (χ1v) is 12.0. The van der Waals surface area contributed by atoms with E-state index in [1.165, 1.54) is 20.7 Å². The lowest BCUT2D eigenvalue weighted by Crippen LogP contribution is -2.63. The molecule has 0 heterocycles. The summed E-state index contributed by atoms with van der Waals surface area (Å²) in [4.78, 5) is 2.66. The molecule has 0 aliphatic heterocycles. The molecular weight excluding hydrogens is 387 g/mol. The number of rotatable bonds is 8. The monoisotopic (exact) mass is 411 g/mol. The summed E-state index contributed by atoms with van der Waals surface area (Å²) in [7, 11) is 0. The van der Waals surface area contributed by atoms with E-state index in [-0.39, 0.29) is 0 Å². The van der Waals surface area contributed by atoms with E-state index in [0.29, 0.717) is 0 Å². The highest BCUT2D eigenvalue weighted by Crippen LogP contribution is 2.27. The number of hydrogen-bond donors (Lipinski definition) is 0. The molecule has 4 aromatic rings. The van der Waals surface area contributed by atoms with Gasteiger partial charge in [-0.15, -0.1) is 11.3 Å². The molecule has 0 unspecified atom stereocenters. The summed E-state index contributed by atoms with van der Waals surface area (Å²) in [6.07, 6.45) is -0.938. The number of thioether (sulfide) groups is 2. The van der Waals surface area contributed by atoms with Crippen LogP contribution in [0.5, 0.6) is 0 Å². The molecular formula is C26H24BS2-. The Morgan fingerprint density at radius 3 is 1.07 bits per heavy atom. The van der Waals surface area contributed by atoms with Gasteiger partial charge in [-0.2, -0.15) is 23.5 Å². The second-order valence-corrected chi connectivity index (χ2v) is 9.51. The van der Waals surface area contributed by atoms with Crippen molar-refractivity contribution in [2.45, 2.75) is 9.79 Å². The first kappa shape index (κ1) is 19.9. The van der Waals surface area contributed by atoms with E-state index in [1.54, 1.807) is 0 Å². The van der Waals surface area contributed by atoms with Crippen LogP contribution in [-0.4, -0.2) is 17.5 Å². The molecule has 0 atom stereocenters. The van der Waals surface area contributed by atoms with Crippen LogP contribution in [0.15, 0.2) is 131 Å². The minimum atomic E-state index is -0.938. The molecule has 0 nitrogen and oxygen atoms in total. The van der Waals surface area contributed by atoms with E-state index in [1.807, 2.05) is 23.5 Å². The molecule has 0 bridgehead atoms. The fourth-order valence-electron chi connectivity index (χ4n) is 3.78. The lowest BCUT2D eigenvalue weighted by Gasteiger charge is -2.41. The van der Waals surface area contributed by atoms with Crippen LogP contribution in [0.3, 0.4) is 0 Å². The van der Waals surface area contributed by atoms with Gasteiger partial charge in [0.25, 0.3) is 0 Å². The number of benzene rings is 4. The molecule has 0 aromatic heterocycles. The molecule has 0 N–H and O–H groups in total. The highest BCUT2D eigenvalue weighted by atomic mass is 32.2. The van der Waals surface area contributed by atoms with Crippen molar-refractivity contribution in [3.05, 3.63) is 121 Å². The van der Waals surface area contributed by atoms with Gasteiger partial charge in [-0.3, -0.25) is 0 Å². The predicted octanol–water partition coefficient (Wildman–Crippen LogP) is 5.91. The van der Waals surface area contributed by atoms with Gasteiger partial charge in [0.05, 0.1) is 6.15 Å². The third-order valence-electron chi connectivity index (χ3n) is 5.43. The van der Waals surface area contributed by atoms with Crippen molar-refractivity contribution < 1.29 is 0 Å². The lowest BCUT2D eigenvalue weighted by molar-refractivity contribution is 1.46. The maximum atomic E-state index is 2.31. The Bertz CT molecular complexity index is 905. The average Bonchev–Trinajstić information content (AvgIpc) is 2.82. The molecule has 4 aromatic carbocycles. The Kier molecular flexibility index (Phi) is 6.81. The maximum absolute atomic E-state index is 2.31. The first-order chi connectivity index (χ1) is 14.4. The quantitative estimate of drug-likeness (QED) is 0.261. The van der Waals surface area contributed by atoms with Crippen molar-refractivity contribution in [1.29, 1.82) is 0 Å².